The highest BCUT2D eigenvalue weighted by atomic mass is 19.4. The largest absolute Gasteiger partial charge is 0.416 e. The van der Waals surface area contributed by atoms with Crippen LogP contribution in [0.3, 0.4) is 0 Å². The van der Waals surface area contributed by atoms with Gasteiger partial charge in [0.1, 0.15) is 0 Å². The Morgan fingerprint density at radius 3 is 2.37 bits per heavy atom. The van der Waals surface area contributed by atoms with Gasteiger partial charge >= 0.3 is 6.18 Å². The fraction of sp³-hybridized carbons (Fsp3) is 0.538. The Kier molecular flexibility index (Phi) is 4.44. The van der Waals surface area contributed by atoms with Gasteiger partial charge in [0.05, 0.1) is 5.56 Å². The molecule has 1 saturated heterocycles. The van der Waals surface area contributed by atoms with E-state index in [1.54, 1.807) is 6.07 Å². The summed E-state index contributed by atoms with van der Waals surface area (Å²) in [4.78, 5) is 2.20. The molecular weight excluding hydrogens is 255 g/mol. The number of halogens is 3. The van der Waals surface area contributed by atoms with Gasteiger partial charge in [0.15, 0.2) is 0 Å². The van der Waals surface area contributed by atoms with Crippen LogP contribution in [0.2, 0.25) is 0 Å². The number of piperazine rings is 1. The molecule has 2 rings (SSSR count). The summed E-state index contributed by atoms with van der Waals surface area (Å²) < 4.78 is 38.5. The first-order chi connectivity index (χ1) is 8.97. The van der Waals surface area contributed by atoms with E-state index in [1.807, 2.05) is 12.1 Å². The second-order valence-corrected chi connectivity index (χ2v) is 4.78. The van der Waals surface area contributed by atoms with Gasteiger partial charge in [-0.05, 0) is 18.7 Å². The molecular formula is C13H18F3N3. The van der Waals surface area contributed by atoms with Crippen LogP contribution in [0.4, 0.5) is 13.2 Å². The van der Waals surface area contributed by atoms with Crippen molar-refractivity contribution in [3.8, 4) is 0 Å². The molecule has 1 heterocycles. The van der Waals surface area contributed by atoms with E-state index in [2.05, 4.69) is 10.3 Å². The molecule has 106 valence electrons. The van der Waals surface area contributed by atoms with Crippen LogP contribution in [0.5, 0.6) is 0 Å². The summed E-state index contributed by atoms with van der Waals surface area (Å²) in [6.45, 7) is 3.70. The Balaban J connectivity index is 1.96. The molecule has 0 aromatic heterocycles. The van der Waals surface area contributed by atoms with Gasteiger partial charge in [-0.15, -0.1) is 0 Å². The predicted molar refractivity (Wildman–Crippen MR) is 67.4 cm³/mol. The van der Waals surface area contributed by atoms with E-state index in [9.17, 15) is 13.2 Å². The first kappa shape index (κ1) is 14.3. The lowest BCUT2D eigenvalue weighted by Crippen LogP contribution is -2.50. The van der Waals surface area contributed by atoms with Crippen LogP contribution in [-0.2, 0) is 12.7 Å². The van der Waals surface area contributed by atoms with Crippen LogP contribution < -0.4 is 5.43 Å². The van der Waals surface area contributed by atoms with Crippen LogP contribution in [0.15, 0.2) is 24.3 Å². The van der Waals surface area contributed by atoms with E-state index in [-0.39, 0.29) is 12.1 Å². The van der Waals surface area contributed by atoms with Gasteiger partial charge in [-0.1, -0.05) is 18.2 Å². The van der Waals surface area contributed by atoms with Gasteiger partial charge in [0.2, 0.25) is 0 Å². The van der Waals surface area contributed by atoms with Crippen molar-refractivity contribution in [1.29, 1.82) is 0 Å². The zero-order valence-electron chi connectivity index (χ0n) is 10.9. The molecule has 0 spiro atoms. The topological polar surface area (TPSA) is 18.5 Å². The summed E-state index contributed by atoms with van der Waals surface area (Å²) in [7, 11) is 2.04. The number of benzene rings is 1. The maximum Gasteiger partial charge on any atom is 0.416 e. The van der Waals surface area contributed by atoms with E-state index in [0.717, 1.165) is 32.2 Å². The minimum atomic E-state index is -4.29. The molecule has 0 saturated carbocycles. The second kappa shape index (κ2) is 5.90. The Bertz CT molecular complexity index is 412. The van der Waals surface area contributed by atoms with Crippen molar-refractivity contribution in [2.24, 2.45) is 0 Å². The normalized spacial score (nSPS) is 18.7. The summed E-state index contributed by atoms with van der Waals surface area (Å²) in [5.74, 6) is 0. The number of hydrazine groups is 1. The molecule has 1 aromatic rings. The molecule has 0 unspecified atom stereocenters. The molecule has 0 aliphatic carbocycles. The molecule has 3 nitrogen and oxygen atoms in total. The van der Waals surface area contributed by atoms with Crippen LogP contribution in [0.25, 0.3) is 0 Å². The van der Waals surface area contributed by atoms with Crippen LogP contribution in [0, 0.1) is 0 Å². The molecule has 1 fully saturated rings. The van der Waals surface area contributed by atoms with Gasteiger partial charge in [-0.3, -0.25) is 5.43 Å². The summed E-state index contributed by atoms with van der Waals surface area (Å²) in [6, 6.07) is 5.70. The highest BCUT2D eigenvalue weighted by Crippen LogP contribution is 2.31. The number of nitrogens with zero attached hydrogens (tertiary/aromatic N) is 2. The fourth-order valence-electron chi connectivity index (χ4n) is 2.11. The zero-order valence-corrected chi connectivity index (χ0v) is 10.9. The second-order valence-electron chi connectivity index (χ2n) is 4.78. The van der Waals surface area contributed by atoms with Gasteiger partial charge in [-0.2, -0.15) is 13.2 Å². The number of alkyl halides is 3. The van der Waals surface area contributed by atoms with Crippen LogP contribution in [-0.4, -0.2) is 43.1 Å². The Labute approximate surface area is 111 Å². The smallest absolute Gasteiger partial charge is 0.304 e. The average Bonchev–Trinajstić information content (AvgIpc) is 2.37. The fourth-order valence-corrected chi connectivity index (χ4v) is 2.11. The minimum absolute atomic E-state index is 0.208. The summed E-state index contributed by atoms with van der Waals surface area (Å²) in [6.07, 6.45) is -4.29. The number of hydrogen-bond donors (Lipinski definition) is 1. The van der Waals surface area contributed by atoms with Gasteiger partial charge < -0.3 is 4.90 Å². The molecule has 1 aliphatic heterocycles. The molecule has 1 aromatic carbocycles. The third kappa shape index (κ3) is 3.92. The van der Waals surface area contributed by atoms with Crippen LogP contribution in [0.1, 0.15) is 11.1 Å². The summed E-state index contributed by atoms with van der Waals surface area (Å²) in [5.41, 5.74) is 2.80. The van der Waals surface area contributed by atoms with Crippen molar-refractivity contribution in [3.63, 3.8) is 0 Å². The quantitative estimate of drug-likeness (QED) is 0.908. The first-order valence-electron chi connectivity index (χ1n) is 6.29. The van der Waals surface area contributed by atoms with Crippen molar-refractivity contribution >= 4 is 0 Å². The van der Waals surface area contributed by atoms with E-state index in [0.29, 0.717) is 0 Å². The number of nitrogens with one attached hydrogen (secondary N) is 1. The average molecular weight is 273 g/mol. The SMILES string of the molecule is CN1CCN(NCc2ccccc2C(F)(F)F)CC1. The van der Waals surface area contributed by atoms with E-state index < -0.39 is 11.7 Å². The molecule has 1 N–H and O–H groups in total. The Morgan fingerprint density at radius 1 is 1.11 bits per heavy atom. The van der Waals surface area contributed by atoms with Gasteiger partial charge in [0, 0.05) is 32.7 Å². The molecule has 6 heteroatoms. The van der Waals surface area contributed by atoms with Crippen LogP contribution >= 0.6 is 0 Å². The predicted octanol–water partition coefficient (Wildman–Crippen LogP) is 1.96. The van der Waals surface area contributed by atoms with E-state index in [4.69, 9.17) is 0 Å². The monoisotopic (exact) mass is 273 g/mol. The molecule has 19 heavy (non-hydrogen) atoms. The van der Waals surface area contributed by atoms with Crippen molar-refractivity contribution < 1.29 is 13.2 Å². The molecule has 0 amide bonds. The Morgan fingerprint density at radius 2 is 1.74 bits per heavy atom. The van der Waals surface area contributed by atoms with Crippen molar-refractivity contribution in [3.05, 3.63) is 35.4 Å². The molecule has 0 radical (unpaired) electrons. The van der Waals surface area contributed by atoms with E-state index in [1.165, 1.54) is 12.1 Å². The lowest BCUT2D eigenvalue weighted by atomic mass is 10.1. The standard InChI is InChI=1S/C13H18F3N3/c1-18-6-8-19(9-7-18)17-10-11-4-2-3-5-12(11)13(14,15)16/h2-5,17H,6-10H2,1H3. The lowest BCUT2D eigenvalue weighted by molar-refractivity contribution is -0.138. The van der Waals surface area contributed by atoms with E-state index >= 15 is 0 Å². The third-order valence-corrected chi connectivity index (χ3v) is 3.32. The summed E-state index contributed by atoms with van der Waals surface area (Å²) >= 11 is 0. The third-order valence-electron chi connectivity index (χ3n) is 3.32. The maximum atomic E-state index is 12.8. The zero-order chi connectivity index (χ0) is 13.9. The van der Waals surface area contributed by atoms with Crippen molar-refractivity contribution in [2.45, 2.75) is 12.7 Å². The maximum absolute atomic E-state index is 12.8. The Hall–Kier alpha value is -1.11. The van der Waals surface area contributed by atoms with Gasteiger partial charge in [-0.25, -0.2) is 5.01 Å². The number of hydrogen-bond acceptors (Lipinski definition) is 3. The number of rotatable bonds is 3. The van der Waals surface area contributed by atoms with Gasteiger partial charge in [0.25, 0.3) is 0 Å². The molecule has 1 aliphatic rings. The lowest BCUT2D eigenvalue weighted by Gasteiger charge is -2.32. The van der Waals surface area contributed by atoms with Crippen molar-refractivity contribution in [1.82, 2.24) is 15.3 Å². The highest BCUT2D eigenvalue weighted by Gasteiger charge is 2.32. The molecule has 0 bridgehead atoms. The minimum Gasteiger partial charge on any atom is -0.304 e. The van der Waals surface area contributed by atoms with Crippen molar-refractivity contribution in [2.75, 3.05) is 33.2 Å². The first-order valence-corrected chi connectivity index (χ1v) is 6.29. The number of likely N-dealkylation sites (N-methyl/N-ethyl adjacent to an activating group) is 1. The highest BCUT2D eigenvalue weighted by molar-refractivity contribution is 5.29. The summed E-state index contributed by atoms with van der Waals surface area (Å²) in [5, 5.41) is 1.98. The molecule has 0 atom stereocenters.